The molecule has 1 aromatic rings. The van der Waals surface area contributed by atoms with Crippen LogP contribution in [0, 0.1) is 17.3 Å². The van der Waals surface area contributed by atoms with E-state index < -0.39 is 5.41 Å². The molecule has 0 unspecified atom stereocenters. The summed E-state index contributed by atoms with van der Waals surface area (Å²) in [6.45, 7) is 8.43. The average molecular weight is 399 g/mol. The molecule has 3 fully saturated rings. The molecule has 29 heavy (non-hydrogen) atoms. The number of fused-ring (bicyclic) bond motifs is 2. The van der Waals surface area contributed by atoms with Gasteiger partial charge < -0.3 is 9.80 Å². The van der Waals surface area contributed by atoms with E-state index in [0.717, 1.165) is 58.0 Å². The van der Waals surface area contributed by atoms with E-state index in [1.165, 1.54) is 0 Å². The molecule has 2 amide bonds. The Labute approximate surface area is 174 Å². The molecule has 4 rings (SSSR count). The van der Waals surface area contributed by atoms with E-state index in [1.54, 1.807) is 18.6 Å². The van der Waals surface area contributed by atoms with Crippen LogP contribution in [0.25, 0.3) is 0 Å². The third-order valence-corrected chi connectivity index (χ3v) is 7.42. The molecule has 0 N–H and O–H groups in total. The Morgan fingerprint density at radius 3 is 2.59 bits per heavy atom. The van der Waals surface area contributed by atoms with Gasteiger partial charge in [0, 0.05) is 37.6 Å². The molecular formula is C23H34N4O2. The predicted octanol–water partition coefficient (Wildman–Crippen LogP) is 3.53. The molecule has 1 aromatic heterocycles. The second-order valence-electron chi connectivity index (χ2n) is 9.82. The van der Waals surface area contributed by atoms with Gasteiger partial charge in [0.25, 0.3) is 5.91 Å². The van der Waals surface area contributed by atoms with Gasteiger partial charge in [-0.1, -0.05) is 20.8 Å². The molecule has 0 aliphatic carbocycles. The van der Waals surface area contributed by atoms with Gasteiger partial charge in [-0.3, -0.25) is 14.6 Å². The molecule has 3 aliphatic rings. The molecule has 0 radical (unpaired) electrons. The third kappa shape index (κ3) is 3.66. The molecule has 3 atom stereocenters. The number of carbonyl (C=O) groups excluding carboxylic acids is 2. The van der Waals surface area contributed by atoms with Crippen molar-refractivity contribution in [2.45, 2.75) is 77.8 Å². The lowest BCUT2D eigenvalue weighted by atomic mass is 9.68. The van der Waals surface area contributed by atoms with Gasteiger partial charge in [-0.05, 0) is 56.8 Å². The van der Waals surface area contributed by atoms with Crippen molar-refractivity contribution in [2.75, 3.05) is 13.1 Å². The fourth-order valence-electron chi connectivity index (χ4n) is 5.71. The maximum Gasteiger partial charge on any atom is 0.274 e. The van der Waals surface area contributed by atoms with Crippen molar-refractivity contribution in [2.24, 2.45) is 17.3 Å². The molecule has 0 aromatic carbocycles. The molecule has 4 heterocycles. The summed E-state index contributed by atoms with van der Waals surface area (Å²) in [5.74, 6) is 1.48. The second kappa shape index (κ2) is 8.04. The van der Waals surface area contributed by atoms with E-state index in [1.807, 2.05) is 4.90 Å². The standard InChI is InChI=1S/C23H34N4O2/c1-16(2)6-9-23(22(29)26-12-7-17(3)8-13-26)14-18-4-5-20(23)27(18)21(28)19-15-24-10-11-25-19/h10-11,15-18,20H,4-9,12-14H2,1-3H3/t18-,20+,23+/m1/s1. The topological polar surface area (TPSA) is 66.4 Å². The van der Waals surface area contributed by atoms with E-state index in [-0.39, 0.29) is 18.0 Å². The average Bonchev–Trinajstić information content (AvgIpc) is 3.29. The minimum absolute atomic E-state index is 0.00685. The summed E-state index contributed by atoms with van der Waals surface area (Å²) < 4.78 is 0. The zero-order chi connectivity index (χ0) is 20.6. The van der Waals surface area contributed by atoms with Crippen molar-refractivity contribution in [1.82, 2.24) is 19.8 Å². The molecule has 0 spiro atoms. The van der Waals surface area contributed by atoms with Crippen LogP contribution in [-0.4, -0.2) is 56.8 Å². The lowest BCUT2D eigenvalue weighted by Crippen LogP contribution is -2.53. The Kier molecular flexibility index (Phi) is 5.63. The summed E-state index contributed by atoms with van der Waals surface area (Å²) >= 11 is 0. The first-order valence-electron chi connectivity index (χ1n) is 11.3. The first kappa shape index (κ1) is 20.3. The van der Waals surface area contributed by atoms with Crippen LogP contribution in [0.15, 0.2) is 18.6 Å². The number of piperidine rings is 1. The summed E-state index contributed by atoms with van der Waals surface area (Å²) in [5.41, 5.74) is -0.0330. The zero-order valence-electron chi connectivity index (χ0n) is 18.0. The highest BCUT2D eigenvalue weighted by Gasteiger charge is 2.61. The monoisotopic (exact) mass is 398 g/mol. The van der Waals surface area contributed by atoms with E-state index in [9.17, 15) is 9.59 Å². The minimum Gasteiger partial charge on any atom is -0.342 e. The van der Waals surface area contributed by atoms with E-state index in [4.69, 9.17) is 0 Å². The molecular weight excluding hydrogens is 364 g/mol. The Morgan fingerprint density at radius 2 is 1.93 bits per heavy atom. The van der Waals surface area contributed by atoms with E-state index >= 15 is 0 Å². The highest BCUT2D eigenvalue weighted by molar-refractivity contribution is 5.94. The highest BCUT2D eigenvalue weighted by atomic mass is 16.2. The van der Waals surface area contributed by atoms with Gasteiger partial charge in [0.2, 0.25) is 5.91 Å². The van der Waals surface area contributed by atoms with Gasteiger partial charge in [0.1, 0.15) is 5.69 Å². The van der Waals surface area contributed by atoms with Gasteiger partial charge in [0.05, 0.1) is 11.6 Å². The van der Waals surface area contributed by atoms with Crippen LogP contribution in [0.2, 0.25) is 0 Å². The highest BCUT2D eigenvalue weighted by Crippen LogP contribution is 2.54. The fraction of sp³-hybridized carbons (Fsp3) is 0.739. The van der Waals surface area contributed by atoms with E-state index in [2.05, 4.69) is 35.6 Å². The second-order valence-corrected chi connectivity index (χ2v) is 9.82. The van der Waals surface area contributed by atoms with Crippen molar-refractivity contribution < 1.29 is 9.59 Å². The number of rotatable bonds is 5. The quantitative estimate of drug-likeness (QED) is 0.761. The third-order valence-electron chi connectivity index (χ3n) is 7.42. The maximum atomic E-state index is 13.9. The number of amides is 2. The van der Waals surface area contributed by atoms with Gasteiger partial charge in [-0.2, -0.15) is 0 Å². The Hall–Kier alpha value is -1.98. The Balaban J connectivity index is 1.62. The Bertz CT molecular complexity index is 745. The van der Waals surface area contributed by atoms with E-state index in [0.29, 0.717) is 23.4 Å². The fourth-order valence-corrected chi connectivity index (χ4v) is 5.71. The van der Waals surface area contributed by atoms with Crippen LogP contribution in [0.4, 0.5) is 0 Å². The van der Waals surface area contributed by atoms with Crippen molar-refractivity contribution in [1.29, 1.82) is 0 Å². The first-order chi connectivity index (χ1) is 13.9. The molecule has 158 valence electrons. The van der Waals surface area contributed by atoms with Crippen molar-refractivity contribution in [3.63, 3.8) is 0 Å². The van der Waals surface area contributed by atoms with Crippen molar-refractivity contribution >= 4 is 11.8 Å². The van der Waals surface area contributed by atoms with Crippen LogP contribution in [0.3, 0.4) is 0 Å². The lowest BCUT2D eigenvalue weighted by molar-refractivity contribution is -0.146. The molecule has 6 heteroatoms. The van der Waals surface area contributed by atoms with Crippen LogP contribution in [0.1, 0.15) is 76.2 Å². The summed E-state index contributed by atoms with van der Waals surface area (Å²) in [7, 11) is 0. The molecule has 3 saturated heterocycles. The molecule has 2 bridgehead atoms. The van der Waals surface area contributed by atoms with Gasteiger partial charge >= 0.3 is 0 Å². The Morgan fingerprint density at radius 1 is 1.17 bits per heavy atom. The number of likely N-dealkylation sites (tertiary alicyclic amines) is 1. The lowest BCUT2D eigenvalue weighted by Gasteiger charge is -2.42. The number of hydrogen-bond donors (Lipinski definition) is 0. The summed E-state index contributed by atoms with van der Waals surface area (Å²) in [6, 6.07) is 0.141. The SMILES string of the molecule is CC(C)CC[C@]1(C(=O)N2CCC(C)CC2)C[C@H]2CC[C@@H]1N2C(=O)c1cnccn1. The van der Waals surface area contributed by atoms with Gasteiger partial charge in [0.15, 0.2) is 0 Å². The molecule has 6 nitrogen and oxygen atoms in total. The molecule has 3 aliphatic heterocycles. The number of aromatic nitrogens is 2. The first-order valence-corrected chi connectivity index (χ1v) is 11.3. The zero-order valence-corrected chi connectivity index (χ0v) is 18.0. The van der Waals surface area contributed by atoms with Crippen molar-refractivity contribution in [3.8, 4) is 0 Å². The number of hydrogen-bond acceptors (Lipinski definition) is 4. The smallest absolute Gasteiger partial charge is 0.274 e. The van der Waals surface area contributed by atoms with Gasteiger partial charge in [-0.15, -0.1) is 0 Å². The predicted molar refractivity (Wildman–Crippen MR) is 111 cm³/mol. The largest absolute Gasteiger partial charge is 0.342 e. The van der Waals surface area contributed by atoms with Crippen molar-refractivity contribution in [3.05, 3.63) is 24.3 Å². The number of carbonyl (C=O) groups is 2. The van der Waals surface area contributed by atoms with Gasteiger partial charge in [-0.25, -0.2) is 4.98 Å². The maximum absolute atomic E-state index is 13.9. The number of nitrogens with zero attached hydrogens (tertiary/aromatic N) is 4. The summed E-state index contributed by atoms with van der Waals surface area (Å²) in [6.07, 6.45) is 11.5. The summed E-state index contributed by atoms with van der Waals surface area (Å²) in [5, 5.41) is 0. The summed E-state index contributed by atoms with van der Waals surface area (Å²) in [4.78, 5) is 39.6. The van der Waals surface area contributed by atoms with Crippen LogP contribution in [0.5, 0.6) is 0 Å². The van der Waals surface area contributed by atoms with Crippen LogP contribution >= 0.6 is 0 Å². The van der Waals surface area contributed by atoms with Crippen LogP contribution in [-0.2, 0) is 4.79 Å². The van der Waals surface area contributed by atoms with Crippen LogP contribution < -0.4 is 0 Å². The normalized spacial score (nSPS) is 29.7. The minimum atomic E-state index is -0.425. The molecule has 0 saturated carbocycles.